The summed E-state index contributed by atoms with van der Waals surface area (Å²) in [6.07, 6.45) is -4.61. The van der Waals surface area contributed by atoms with Crippen LogP contribution in [0.2, 0.25) is 0 Å². The molecule has 0 spiro atoms. The smallest absolute Gasteiger partial charge is 0.304 e. The molecule has 0 aliphatic rings. The zero-order valence-electron chi connectivity index (χ0n) is 6.25. The van der Waals surface area contributed by atoms with Crippen molar-refractivity contribution in [2.75, 3.05) is 0 Å². The highest BCUT2D eigenvalue weighted by atomic mass is 79.9. The van der Waals surface area contributed by atoms with Crippen LogP contribution in [0.1, 0.15) is 0 Å². The average molecular weight is 256 g/mol. The maximum Gasteiger partial charge on any atom is 0.304 e. The highest BCUT2D eigenvalue weighted by Gasteiger charge is 2.20. The van der Waals surface area contributed by atoms with Gasteiger partial charge in [-0.05, 0) is 28.1 Å². The van der Waals surface area contributed by atoms with E-state index in [0.29, 0.717) is 4.60 Å². The first-order valence-corrected chi connectivity index (χ1v) is 4.09. The maximum absolute atomic E-state index is 12.3. The number of halogens is 4. The van der Waals surface area contributed by atoms with Crippen molar-refractivity contribution in [3.63, 3.8) is 0 Å². The van der Waals surface area contributed by atoms with E-state index < -0.39 is 12.8 Å². The minimum atomic E-state index is -3.15. The molecule has 0 saturated carbocycles. The van der Waals surface area contributed by atoms with Gasteiger partial charge < -0.3 is 4.74 Å². The average Bonchev–Trinajstić information content (AvgIpc) is 2.08. The van der Waals surface area contributed by atoms with E-state index in [-0.39, 0.29) is 5.75 Å². The molecule has 72 valence electrons. The number of alkyl halides is 3. The molecule has 0 fully saturated rings. The lowest BCUT2D eigenvalue weighted by Gasteiger charge is -2.09. The van der Waals surface area contributed by atoms with Crippen LogP contribution in [0.4, 0.5) is 13.2 Å². The van der Waals surface area contributed by atoms with Gasteiger partial charge in [0.25, 0.3) is 6.36 Å². The van der Waals surface area contributed by atoms with Crippen LogP contribution in [0.15, 0.2) is 22.9 Å². The summed E-state index contributed by atoms with van der Waals surface area (Å²) < 4.78 is 40.4. The van der Waals surface area contributed by atoms with Gasteiger partial charge in [-0.25, -0.2) is 13.8 Å². The Bertz CT molecular complexity index is 267. The third kappa shape index (κ3) is 3.22. The zero-order chi connectivity index (χ0) is 9.84. The van der Waals surface area contributed by atoms with E-state index in [0.717, 1.165) is 6.20 Å². The molecule has 1 aromatic heterocycles. The van der Waals surface area contributed by atoms with Crippen molar-refractivity contribution in [3.8, 4) is 5.75 Å². The number of aromatic nitrogens is 1. The highest BCUT2D eigenvalue weighted by Crippen LogP contribution is 2.16. The molecule has 0 aromatic carbocycles. The third-order valence-corrected chi connectivity index (χ3v) is 1.62. The number of hydrogen-bond acceptors (Lipinski definition) is 2. The van der Waals surface area contributed by atoms with E-state index >= 15 is 0 Å². The molecule has 0 radical (unpaired) electrons. The van der Waals surface area contributed by atoms with Crippen molar-refractivity contribution in [2.45, 2.75) is 12.8 Å². The van der Waals surface area contributed by atoms with Crippen molar-refractivity contribution in [2.24, 2.45) is 0 Å². The predicted molar refractivity (Wildman–Crippen MR) is 43.5 cm³/mol. The standard InChI is InChI=1S/C7H5BrF3NO/c8-5-2-1-4(3-12-5)13-7(11)6(9)10/h1-3,6-7H. The van der Waals surface area contributed by atoms with Gasteiger partial charge in [-0.2, -0.15) is 4.39 Å². The molecule has 0 aliphatic carbocycles. The SMILES string of the molecule is FC(F)C(F)Oc1ccc(Br)nc1. The Morgan fingerprint density at radius 1 is 1.31 bits per heavy atom. The maximum atomic E-state index is 12.3. The molecular formula is C7H5BrF3NO. The van der Waals surface area contributed by atoms with Crippen molar-refractivity contribution < 1.29 is 17.9 Å². The molecule has 0 bridgehead atoms. The fourth-order valence-electron chi connectivity index (χ4n) is 0.613. The van der Waals surface area contributed by atoms with E-state index in [1.807, 2.05) is 0 Å². The van der Waals surface area contributed by atoms with Gasteiger partial charge in [0, 0.05) is 0 Å². The van der Waals surface area contributed by atoms with E-state index in [2.05, 4.69) is 25.7 Å². The second-order valence-corrected chi connectivity index (χ2v) is 2.93. The predicted octanol–water partition coefficient (Wildman–Crippen LogP) is 2.78. The van der Waals surface area contributed by atoms with Gasteiger partial charge >= 0.3 is 6.43 Å². The normalized spacial score (nSPS) is 13.0. The van der Waals surface area contributed by atoms with E-state index in [4.69, 9.17) is 0 Å². The van der Waals surface area contributed by atoms with Gasteiger partial charge in [-0.15, -0.1) is 0 Å². The van der Waals surface area contributed by atoms with E-state index in [9.17, 15) is 13.2 Å². The Kier molecular flexibility index (Phi) is 3.53. The summed E-state index contributed by atoms with van der Waals surface area (Å²) in [6, 6.07) is 2.81. The second-order valence-electron chi connectivity index (χ2n) is 2.12. The summed E-state index contributed by atoms with van der Waals surface area (Å²) in [4.78, 5) is 3.67. The monoisotopic (exact) mass is 255 g/mol. The summed E-state index contributed by atoms with van der Waals surface area (Å²) in [5, 5.41) is 0. The van der Waals surface area contributed by atoms with Crippen LogP contribution in [-0.4, -0.2) is 17.8 Å². The number of ether oxygens (including phenoxy) is 1. The fraction of sp³-hybridized carbons (Fsp3) is 0.286. The zero-order valence-corrected chi connectivity index (χ0v) is 7.84. The minimum absolute atomic E-state index is 0.0315. The Morgan fingerprint density at radius 2 is 2.00 bits per heavy atom. The van der Waals surface area contributed by atoms with Crippen molar-refractivity contribution in [1.82, 2.24) is 4.98 Å². The molecule has 0 saturated heterocycles. The lowest BCUT2D eigenvalue weighted by atomic mass is 10.5. The molecule has 0 N–H and O–H groups in total. The highest BCUT2D eigenvalue weighted by molar-refractivity contribution is 9.10. The Hall–Kier alpha value is -0.780. The molecule has 13 heavy (non-hydrogen) atoms. The van der Waals surface area contributed by atoms with Gasteiger partial charge in [0.15, 0.2) is 0 Å². The van der Waals surface area contributed by atoms with Crippen molar-refractivity contribution in [3.05, 3.63) is 22.9 Å². The molecule has 2 nitrogen and oxygen atoms in total. The molecule has 1 atom stereocenters. The molecule has 6 heteroatoms. The molecular weight excluding hydrogens is 251 g/mol. The molecule has 1 heterocycles. The molecule has 0 aliphatic heterocycles. The Morgan fingerprint density at radius 3 is 2.46 bits per heavy atom. The van der Waals surface area contributed by atoms with Crippen LogP contribution in [0, 0.1) is 0 Å². The number of hydrogen-bond donors (Lipinski definition) is 0. The van der Waals surface area contributed by atoms with Gasteiger partial charge in [0.05, 0.1) is 6.20 Å². The lowest BCUT2D eigenvalue weighted by Crippen LogP contribution is -2.19. The lowest BCUT2D eigenvalue weighted by molar-refractivity contribution is -0.0670. The number of pyridine rings is 1. The Balaban J connectivity index is 2.59. The van der Waals surface area contributed by atoms with E-state index in [1.54, 1.807) is 0 Å². The van der Waals surface area contributed by atoms with Crippen LogP contribution < -0.4 is 4.74 Å². The van der Waals surface area contributed by atoms with Gasteiger partial charge in [0.2, 0.25) is 0 Å². The third-order valence-electron chi connectivity index (χ3n) is 1.15. The van der Waals surface area contributed by atoms with Crippen LogP contribution >= 0.6 is 15.9 Å². The molecule has 1 rings (SSSR count). The molecule has 1 unspecified atom stereocenters. The summed E-state index contributed by atoms with van der Waals surface area (Å²) in [5.41, 5.74) is 0. The second kappa shape index (κ2) is 4.45. The number of nitrogens with zero attached hydrogens (tertiary/aromatic N) is 1. The summed E-state index contributed by atoms with van der Waals surface area (Å²) in [5.74, 6) is -0.0315. The Labute approximate surface area is 80.9 Å². The first kappa shape index (κ1) is 10.3. The van der Waals surface area contributed by atoms with Crippen molar-refractivity contribution >= 4 is 15.9 Å². The van der Waals surface area contributed by atoms with Gasteiger partial charge in [-0.3, -0.25) is 0 Å². The van der Waals surface area contributed by atoms with Crippen LogP contribution in [0.25, 0.3) is 0 Å². The van der Waals surface area contributed by atoms with Gasteiger partial charge in [0.1, 0.15) is 10.4 Å². The molecule has 0 amide bonds. The van der Waals surface area contributed by atoms with Crippen LogP contribution in [-0.2, 0) is 0 Å². The van der Waals surface area contributed by atoms with E-state index in [1.165, 1.54) is 12.1 Å². The first-order valence-electron chi connectivity index (χ1n) is 3.30. The summed E-state index contributed by atoms with van der Waals surface area (Å²) in [7, 11) is 0. The number of rotatable bonds is 3. The largest absolute Gasteiger partial charge is 0.453 e. The topological polar surface area (TPSA) is 22.1 Å². The fourth-order valence-corrected chi connectivity index (χ4v) is 0.848. The quantitative estimate of drug-likeness (QED) is 0.776. The first-order chi connectivity index (χ1) is 6.09. The summed E-state index contributed by atoms with van der Waals surface area (Å²) in [6.45, 7) is 0. The minimum Gasteiger partial charge on any atom is -0.453 e. The van der Waals surface area contributed by atoms with Crippen LogP contribution in [0.5, 0.6) is 5.75 Å². The van der Waals surface area contributed by atoms with Gasteiger partial charge in [-0.1, -0.05) is 0 Å². The molecule has 1 aromatic rings. The van der Waals surface area contributed by atoms with Crippen LogP contribution in [0.3, 0.4) is 0 Å². The summed E-state index contributed by atoms with van der Waals surface area (Å²) >= 11 is 3.03. The van der Waals surface area contributed by atoms with Crippen molar-refractivity contribution in [1.29, 1.82) is 0 Å².